The van der Waals surface area contributed by atoms with Gasteiger partial charge in [0.05, 0.1) is 17.5 Å². The number of para-hydroxylation sites is 2. The fourth-order valence-electron chi connectivity index (χ4n) is 4.60. The molecule has 176 valence electrons. The lowest BCUT2D eigenvalue weighted by molar-refractivity contribution is -0.154. The van der Waals surface area contributed by atoms with Crippen LogP contribution in [0.1, 0.15) is 52.4 Å². The Hall–Kier alpha value is -2.94. The standard InChI is InChI=1S/C24H30N4O4S/c1-3-26-19-11-7-8-12-20(19)27(24(26)31)15-13-21(29)32-17(2)22(30)28(23-25-14-16-33-23)18-9-5-4-6-10-18/h7-8,11-12,14,16-18H,3-6,9-10,13,15H2,1-2H3/t17-/m1/s1. The first-order valence-electron chi connectivity index (χ1n) is 11.6. The molecule has 1 aliphatic rings. The lowest BCUT2D eigenvalue weighted by Gasteiger charge is -2.33. The van der Waals surface area contributed by atoms with Crippen LogP contribution in [0.15, 0.2) is 40.6 Å². The van der Waals surface area contributed by atoms with Crippen molar-refractivity contribution < 1.29 is 14.3 Å². The fourth-order valence-corrected chi connectivity index (χ4v) is 5.32. The van der Waals surface area contributed by atoms with E-state index in [1.807, 2.05) is 36.6 Å². The van der Waals surface area contributed by atoms with Gasteiger partial charge in [-0.2, -0.15) is 0 Å². The van der Waals surface area contributed by atoms with Gasteiger partial charge >= 0.3 is 11.7 Å². The molecule has 0 saturated heterocycles. The molecule has 2 heterocycles. The number of fused-ring (bicyclic) bond motifs is 1. The molecule has 4 rings (SSSR count). The Morgan fingerprint density at radius 1 is 1.18 bits per heavy atom. The summed E-state index contributed by atoms with van der Waals surface area (Å²) in [4.78, 5) is 44.7. The molecule has 0 N–H and O–H groups in total. The molecule has 0 bridgehead atoms. The first kappa shape index (κ1) is 23.2. The molecule has 0 spiro atoms. The molecule has 0 unspecified atom stereocenters. The van der Waals surface area contributed by atoms with Gasteiger partial charge in [0, 0.05) is 30.7 Å². The van der Waals surface area contributed by atoms with Gasteiger partial charge in [-0.25, -0.2) is 9.78 Å². The van der Waals surface area contributed by atoms with Gasteiger partial charge in [-0.15, -0.1) is 11.3 Å². The molecule has 0 radical (unpaired) electrons. The Kier molecular flexibility index (Phi) is 7.27. The Bertz CT molecular complexity index is 1160. The average molecular weight is 471 g/mol. The number of imidazole rings is 1. The van der Waals surface area contributed by atoms with E-state index in [4.69, 9.17) is 4.74 Å². The molecule has 1 aromatic carbocycles. The predicted molar refractivity (Wildman–Crippen MR) is 129 cm³/mol. The third-order valence-corrected chi connectivity index (χ3v) is 7.01. The normalized spacial score (nSPS) is 15.5. The number of carbonyl (C=O) groups excluding carboxylic acids is 2. The number of aromatic nitrogens is 3. The van der Waals surface area contributed by atoms with Crippen molar-refractivity contribution in [2.24, 2.45) is 0 Å². The molecule has 1 saturated carbocycles. The maximum absolute atomic E-state index is 13.3. The number of nitrogens with zero attached hydrogens (tertiary/aromatic N) is 4. The highest BCUT2D eigenvalue weighted by Crippen LogP contribution is 2.29. The van der Waals surface area contributed by atoms with Crippen LogP contribution in [-0.2, 0) is 27.4 Å². The van der Waals surface area contributed by atoms with E-state index in [1.54, 1.807) is 27.2 Å². The van der Waals surface area contributed by atoms with Crippen molar-refractivity contribution in [1.29, 1.82) is 0 Å². The van der Waals surface area contributed by atoms with Crippen molar-refractivity contribution in [3.8, 4) is 0 Å². The van der Waals surface area contributed by atoms with E-state index in [-0.39, 0.29) is 30.6 Å². The second-order valence-electron chi connectivity index (χ2n) is 8.36. The molecule has 9 heteroatoms. The van der Waals surface area contributed by atoms with Gasteiger partial charge in [0.2, 0.25) is 0 Å². The summed E-state index contributed by atoms with van der Waals surface area (Å²) in [5.74, 6) is -0.747. The highest BCUT2D eigenvalue weighted by Gasteiger charge is 2.33. The van der Waals surface area contributed by atoms with Gasteiger partial charge in [-0.05, 0) is 38.8 Å². The molecule has 33 heavy (non-hydrogen) atoms. The van der Waals surface area contributed by atoms with Crippen LogP contribution in [0.3, 0.4) is 0 Å². The van der Waals surface area contributed by atoms with Crippen LogP contribution < -0.4 is 10.6 Å². The summed E-state index contributed by atoms with van der Waals surface area (Å²) in [6, 6.07) is 7.61. The first-order valence-corrected chi connectivity index (χ1v) is 12.5. The third-order valence-electron chi connectivity index (χ3n) is 6.24. The smallest absolute Gasteiger partial charge is 0.329 e. The lowest BCUT2D eigenvalue weighted by atomic mass is 9.94. The average Bonchev–Trinajstić information content (AvgIpc) is 3.44. The molecular weight excluding hydrogens is 440 g/mol. The van der Waals surface area contributed by atoms with Gasteiger partial charge in [-0.1, -0.05) is 31.4 Å². The zero-order valence-corrected chi connectivity index (χ0v) is 19.9. The third kappa shape index (κ3) is 4.88. The number of hydrogen-bond acceptors (Lipinski definition) is 6. The lowest BCUT2D eigenvalue weighted by Crippen LogP contribution is -2.47. The summed E-state index contributed by atoms with van der Waals surface area (Å²) in [5, 5.41) is 2.49. The number of hydrogen-bond donors (Lipinski definition) is 0. The van der Waals surface area contributed by atoms with Crippen LogP contribution in [-0.4, -0.2) is 38.1 Å². The van der Waals surface area contributed by atoms with Crippen molar-refractivity contribution in [2.75, 3.05) is 4.90 Å². The van der Waals surface area contributed by atoms with Crippen LogP contribution in [0.2, 0.25) is 0 Å². The van der Waals surface area contributed by atoms with Crippen molar-refractivity contribution in [3.63, 3.8) is 0 Å². The van der Waals surface area contributed by atoms with E-state index in [9.17, 15) is 14.4 Å². The number of esters is 1. The van der Waals surface area contributed by atoms with Gasteiger partial charge in [0.15, 0.2) is 11.2 Å². The Labute approximate surface area is 196 Å². The number of aryl methyl sites for hydroxylation is 2. The Morgan fingerprint density at radius 3 is 2.52 bits per heavy atom. The fraction of sp³-hybridized carbons (Fsp3) is 0.500. The molecular formula is C24H30N4O4S. The van der Waals surface area contributed by atoms with Crippen molar-refractivity contribution in [3.05, 3.63) is 46.3 Å². The second-order valence-corrected chi connectivity index (χ2v) is 9.24. The molecule has 0 aliphatic heterocycles. The molecule has 8 nitrogen and oxygen atoms in total. The maximum atomic E-state index is 13.3. The minimum absolute atomic E-state index is 0.00985. The van der Waals surface area contributed by atoms with E-state index in [0.717, 1.165) is 36.7 Å². The summed E-state index contributed by atoms with van der Waals surface area (Å²) in [5.41, 5.74) is 1.48. The monoisotopic (exact) mass is 470 g/mol. The van der Waals surface area contributed by atoms with Crippen LogP contribution in [0.4, 0.5) is 5.13 Å². The number of benzene rings is 1. The Morgan fingerprint density at radius 2 is 1.88 bits per heavy atom. The van der Waals surface area contributed by atoms with Crippen LogP contribution in [0.5, 0.6) is 0 Å². The molecule has 3 aromatic rings. The number of thiazole rings is 1. The molecule has 1 amide bonds. The summed E-state index contributed by atoms with van der Waals surface area (Å²) < 4.78 is 8.79. The molecule has 1 fully saturated rings. The number of amides is 1. The van der Waals surface area contributed by atoms with E-state index in [2.05, 4.69) is 4.98 Å². The van der Waals surface area contributed by atoms with Crippen LogP contribution in [0.25, 0.3) is 11.0 Å². The Balaban J connectivity index is 1.43. The minimum Gasteiger partial charge on any atom is -0.452 e. The maximum Gasteiger partial charge on any atom is 0.329 e. The topological polar surface area (TPSA) is 86.4 Å². The zero-order chi connectivity index (χ0) is 23.4. The summed E-state index contributed by atoms with van der Waals surface area (Å²) in [6.45, 7) is 4.28. The SMILES string of the molecule is CCn1c(=O)n(CCC(=O)O[C@H](C)C(=O)N(c2nccs2)C2CCCCC2)c2ccccc21. The van der Waals surface area contributed by atoms with Gasteiger partial charge in [0.25, 0.3) is 5.91 Å². The summed E-state index contributed by atoms with van der Waals surface area (Å²) in [7, 11) is 0. The summed E-state index contributed by atoms with van der Waals surface area (Å²) in [6.07, 6.45) is 5.96. The van der Waals surface area contributed by atoms with Gasteiger partial charge in [-0.3, -0.25) is 23.6 Å². The van der Waals surface area contributed by atoms with E-state index in [1.165, 1.54) is 17.8 Å². The number of anilines is 1. The van der Waals surface area contributed by atoms with Crippen molar-refractivity contribution >= 4 is 39.4 Å². The van der Waals surface area contributed by atoms with Crippen LogP contribution in [0, 0.1) is 0 Å². The van der Waals surface area contributed by atoms with E-state index in [0.29, 0.717) is 11.7 Å². The van der Waals surface area contributed by atoms with Crippen molar-refractivity contribution in [1.82, 2.24) is 14.1 Å². The first-order chi connectivity index (χ1) is 16.0. The number of ether oxygens (including phenoxy) is 1. The van der Waals surface area contributed by atoms with Gasteiger partial charge in [0.1, 0.15) is 0 Å². The quantitative estimate of drug-likeness (QED) is 0.465. The minimum atomic E-state index is -0.919. The van der Waals surface area contributed by atoms with Crippen molar-refractivity contribution in [2.45, 2.75) is 77.6 Å². The predicted octanol–water partition coefficient (Wildman–Crippen LogP) is 3.97. The summed E-state index contributed by atoms with van der Waals surface area (Å²) >= 11 is 1.42. The number of carbonyl (C=O) groups is 2. The number of rotatable bonds is 8. The van der Waals surface area contributed by atoms with Crippen LogP contribution >= 0.6 is 11.3 Å². The van der Waals surface area contributed by atoms with Gasteiger partial charge < -0.3 is 4.74 Å². The highest BCUT2D eigenvalue weighted by molar-refractivity contribution is 7.13. The zero-order valence-electron chi connectivity index (χ0n) is 19.1. The van der Waals surface area contributed by atoms with E-state index < -0.39 is 12.1 Å². The molecule has 2 aromatic heterocycles. The highest BCUT2D eigenvalue weighted by atomic mass is 32.1. The largest absolute Gasteiger partial charge is 0.452 e. The van der Waals surface area contributed by atoms with E-state index >= 15 is 0 Å². The second kappa shape index (κ2) is 10.3. The molecule has 1 aliphatic carbocycles. The molecule has 1 atom stereocenters.